The Hall–Kier alpha value is 0.0895. The van der Waals surface area contributed by atoms with E-state index in [9.17, 15) is 0 Å². The Morgan fingerprint density at radius 2 is 1.57 bits per heavy atom. The van der Waals surface area contributed by atoms with Gasteiger partial charge in [0.15, 0.2) is 0 Å². The van der Waals surface area contributed by atoms with Gasteiger partial charge in [0.1, 0.15) is 0 Å². The van der Waals surface area contributed by atoms with Gasteiger partial charge in [-0.05, 0) is 0 Å². The summed E-state index contributed by atoms with van der Waals surface area (Å²) in [6.07, 6.45) is 0. The first kappa shape index (κ1) is 12.2. The molecule has 0 aliphatic heterocycles. The zero-order chi connectivity index (χ0) is 10.4. The predicted molar refractivity (Wildman–Crippen MR) is 62.0 cm³/mol. The molecule has 14 heavy (non-hydrogen) atoms. The molecule has 0 spiro atoms. The Balaban J connectivity index is 2.94. The maximum atomic E-state index is 5.69. The van der Waals surface area contributed by atoms with Crippen molar-refractivity contribution in [2.45, 2.75) is 13.8 Å². The van der Waals surface area contributed by atoms with Crippen LogP contribution in [0, 0.1) is 0 Å². The fourth-order valence-electron chi connectivity index (χ4n) is 1.14. The minimum absolute atomic E-state index is 0.662. The van der Waals surface area contributed by atoms with E-state index in [-0.39, 0.29) is 0 Å². The first-order valence-corrected chi connectivity index (χ1v) is 8.51. The molecule has 2 nitrogen and oxygen atoms in total. The van der Waals surface area contributed by atoms with E-state index in [1.807, 2.05) is 44.2 Å². The van der Waals surface area contributed by atoms with E-state index in [2.05, 4.69) is 15.1 Å². The van der Waals surface area contributed by atoms with E-state index >= 15 is 0 Å². The summed E-state index contributed by atoms with van der Waals surface area (Å²) in [6, 6.07) is 10.1. The molecule has 0 aromatic heterocycles. The normalized spacial score (nSPS) is 11.6. The fraction of sp³-hybridized carbons (Fsp3) is 0.400. The first-order valence-electron chi connectivity index (χ1n) is 4.67. The molecule has 1 rings (SSSR count). The molecule has 78 valence electrons. The number of hydrogen-bond donors (Lipinski definition) is 0. The van der Waals surface area contributed by atoms with Crippen molar-refractivity contribution >= 4 is 26.4 Å². The molecule has 0 heterocycles. The van der Waals surface area contributed by atoms with Gasteiger partial charge < -0.3 is 0 Å². The molecule has 0 N–H and O–H groups in total. The third-order valence-corrected chi connectivity index (χ3v) is 6.45. The van der Waals surface area contributed by atoms with E-state index in [1.165, 1.54) is 0 Å². The van der Waals surface area contributed by atoms with Crippen LogP contribution in [0.3, 0.4) is 0 Å². The SMILES string of the molecule is CCOP(=[Se])(OCC)c1ccccc1. The Morgan fingerprint density at radius 1 is 1.07 bits per heavy atom. The molecule has 0 amide bonds. The van der Waals surface area contributed by atoms with Crippen LogP contribution in [-0.4, -0.2) is 28.3 Å². The summed E-state index contributed by atoms with van der Waals surface area (Å²) < 4.78 is 11.4. The number of hydrogen-bond acceptors (Lipinski definition) is 2. The van der Waals surface area contributed by atoms with Gasteiger partial charge in [-0.25, -0.2) is 0 Å². The van der Waals surface area contributed by atoms with Gasteiger partial charge in [-0.1, -0.05) is 0 Å². The van der Waals surface area contributed by atoms with Gasteiger partial charge in [0, 0.05) is 0 Å². The summed E-state index contributed by atoms with van der Waals surface area (Å²) in [5.74, 6) is -1.95. The molecular weight excluding hydrogens is 262 g/mol. The molecule has 0 aliphatic carbocycles. The second-order valence-corrected chi connectivity index (χ2v) is 7.72. The minimum atomic E-state index is -1.95. The van der Waals surface area contributed by atoms with Gasteiger partial charge >= 0.3 is 92.8 Å². The van der Waals surface area contributed by atoms with Crippen molar-refractivity contribution in [1.29, 1.82) is 0 Å². The zero-order valence-electron chi connectivity index (χ0n) is 8.47. The van der Waals surface area contributed by atoms with Crippen LogP contribution >= 0.6 is 5.96 Å². The van der Waals surface area contributed by atoms with Gasteiger partial charge in [-0.15, -0.1) is 0 Å². The van der Waals surface area contributed by atoms with Gasteiger partial charge in [0.05, 0.1) is 0 Å². The summed E-state index contributed by atoms with van der Waals surface area (Å²) in [5, 5.41) is 1.11. The Morgan fingerprint density at radius 3 is 2.00 bits per heavy atom. The molecule has 0 bridgehead atoms. The third-order valence-electron chi connectivity index (χ3n) is 1.67. The summed E-state index contributed by atoms with van der Waals surface area (Å²) >= 11 is 3.08. The van der Waals surface area contributed by atoms with Crippen LogP contribution in [0.2, 0.25) is 0 Å². The first-order chi connectivity index (χ1) is 6.73. The third kappa shape index (κ3) is 3.05. The second-order valence-electron chi connectivity index (χ2n) is 2.67. The topological polar surface area (TPSA) is 18.5 Å². The summed E-state index contributed by atoms with van der Waals surface area (Å²) in [5.41, 5.74) is 0. The molecular formula is C10H15O2PSe. The van der Waals surface area contributed by atoms with Crippen LogP contribution in [0.5, 0.6) is 0 Å². The predicted octanol–water partition coefficient (Wildman–Crippen LogP) is 2.32. The average Bonchev–Trinajstić information content (AvgIpc) is 2.20. The summed E-state index contributed by atoms with van der Waals surface area (Å²) in [4.78, 5) is 0. The maximum absolute atomic E-state index is 5.69. The summed E-state index contributed by atoms with van der Waals surface area (Å²) in [6.45, 7) is 5.29. The fourth-order valence-corrected chi connectivity index (χ4v) is 4.82. The molecule has 0 fully saturated rings. The van der Waals surface area contributed by atoms with Crippen molar-refractivity contribution < 1.29 is 9.05 Å². The van der Waals surface area contributed by atoms with Gasteiger partial charge in [-0.3, -0.25) is 0 Å². The second kappa shape index (κ2) is 5.85. The van der Waals surface area contributed by atoms with Crippen LogP contribution in [0.1, 0.15) is 13.8 Å². The van der Waals surface area contributed by atoms with Crippen molar-refractivity contribution in [2.75, 3.05) is 13.2 Å². The molecule has 4 heteroatoms. The van der Waals surface area contributed by atoms with E-state index in [4.69, 9.17) is 9.05 Å². The van der Waals surface area contributed by atoms with Crippen LogP contribution in [0.15, 0.2) is 30.3 Å². The van der Waals surface area contributed by atoms with Crippen LogP contribution in [-0.2, 0) is 9.05 Å². The average molecular weight is 277 g/mol. The number of benzene rings is 1. The zero-order valence-corrected chi connectivity index (χ0v) is 11.1. The standard InChI is InChI=1S/C10H15O2PSe/c1-3-11-13(14,12-4-2)10-8-6-5-7-9-10/h5-9H,3-4H2,1-2H3. The monoisotopic (exact) mass is 278 g/mol. The van der Waals surface area contributed by atoms with Crippen molar-refractivity contribution in [3.05, 3.63) is 30.3 Å². The van der Waals surface area contributed by atoms with Crippen LogP contribution in [0.4, 0.5) is 0 Å². The Kier molecular flexibility index (Phi) is 5.08. The van der Waals surface area contributed by atoms with Gasteiger partial charge in [0.25, 0.3) is 0 Å². The van der Waals surface area contributed by atoms with Crippen molar-refractivity contribution in [1.82, 2.24) is 0 Å². The van der Waals surface area contributed by atoms with E-state index in [1.54, 1.807) is 0 Å². The van der Waals surface area contributed by atoms with Gasteiger partial charge in [-0.2, -0.15) is 0 Å². The van der Waals surface area contributed by atoms with E-state index < -0.39 is 5.96 Å². The van der Waals surface area contributed by atoms with Gasteiger partial charge in [0.2, 0.25) is 0 Å². The van der Waals surface area contributed by atoms with Crippen molar-refractivity contribution in [3.63, 3.8) is 0 Å². The van der Waals surface area contributed by atoms with E-state index in [0.717, 1.165) is 5.30 Å². The molecule has 0 radical (unpaired) electrons. The molecule has 0 unspecified atom stereocenters. The molecule has 0 saturated heterocycles. The summed E-state index contributed by atoms with van der Waals surface area (Å²) in [7, 11) is 0. The Labute approximate surface area is 93.0 Å². The number of rotatable bonds is 5. The molecule has 1 aromatic rings. The van der Waals surface area contributed by atoms with Crippen molar-refractivity contribution in [2.24, 2.45) is 0 Å². The molecule has 0 saturated carbocycles. The molecule has 0 aliphatic rings. The molecule has 0 atom stereocenters. The van der Waals surface area contributed by atoms with Crippen molar-refractivity contribution in [3.8, 4) is 0 Å². The molecule has 1 aromatic carbocycles. The Bertz CT molecular complexity index is 303. The quantitative estimate of drug-likeness (QED) is 0.607. The van der Waals surface area contributed by atoms with Crippen LogP contribution < -0.4 is 5.30 Å². The van der Waals surface area contributed by atoms with Crippen LogP contribution in [0.25, 0.3) is 0 Å². The van der Waals surface area contributed by atoms with E-state index in [0.29, 0.717) is 13.2 Å².